The van der Waals surface area contributed by atoms with Crippen molar-refractivity contribution in [3.05, 3.63) is 41.3 Å². The highest BCUT2D eigenvalue weighted by Gasteiger charge is 2.33. The van der Waals surface area contributed by atoms with Crippen LogP contribution in [0.2, 0.25) is 0 Å². The summed E-state index contributed by atoms with van der Waals surface area (Å²) in [6, 6.07) is 5.19. The molecule has 5 rings (SSSR count). The number of hydrogen-bond acceptors (Lipinski definition) is 5. The molecule has 1 aromatic carbocycles. The number of alkyl halides is 1. The Bertz CT molecular complexity index is 1320. The summed E-state index contributed by atoms with van der Waals surface area (Å²) in [5.41, 5.74) is 4.75. The van der Waals surface area contributed by atoms with Crippen LogP contribution in [0, 0.1) is 19.8 Å². The zero-order chi connectivity index (χ0) is 26.1. The molecule has 3 N–H and O–H groups in total. The average Bonchev–Trinajstić information content (AvgIpc) is 3.64. The number of aromatic amines is 1. The fraction of sp³-hybridized carbons (Fsp3) is 0.500. The number of nitrogens with zero attached hydrogens (tertiary/aromatic N) is 2. The number of carbonyl (C=O) groups is 2. The Kier molecular flexibility index (Phi) is 7.13. The number of nitrogens with one attached hydrogen (secondary N) is 3. The number of benzene rings is 1. The van der Waals surface area contributed by atoms with Gasteiger partial charge < -0.3 is 20.4 Å². The third kappa shape index (κ3) is 5.45. The Morgan fingerprint density at radius 2 is 1.95 bits per heavy atom. The van der Waals surface area contributed by atoms with Gasteiger partial charge in [-0.25, -0.2) is 14.4 Å². The normalized spacial score (nSPS) is 21.6. The van der Waals surface area contributed by atoms with Gasteiger partial charge in [-0.3, -0.25) is 9.59 Å². The van der Waals surface area contributed by atoms with Crippen LogP contribution in [-0.2, 0) is 4.79 Å². The number of aryl methyl sites for hydroxylation is 2. The van der Waals surface area contributed by atoms with Crippen LogP contribution in [0.4, 0.5) is 4.39 Å². The van der Waals surface area contributed by atoms with Crippen molar-refractivity contribution < 1.29 is 18.7 Å². The first-order valence-electron chi connectivity index (χ1n) is 13.1. The highest BCUT2D eigenvalue weighted by Crippen LogP contribution is 2.37. The lowest BCUT2D eigenvalue weighted by Gasteiger charge is -2.32. The molecule has 2 amide bonds. The van der Waals surface area contributed by atoms with Gasteiger partial charge in [-0.2, -0.15) is 0 Å². The minimum Gasteiger partial charge on any atom is -0.493 e. The van der Waals surface area contributed by atoms with Crippen molar-refractivity contribution >= 4 is 22.8 Å². The van der Waals surface area contributed by atoms with Gasteiger partial charge in [-0.1, -0.05) is 18.6 Å². The van der Waals surface area contributed by atoms with Crippen molar-refractivity contribution in [2.75, 3.05) is 6.61 Å². The van der Waals surface area contributed by atoms with Gasteiger partial charge in [0.2, 0.25) is 5.91 Å². The lowest BCUT2D eigenvalue weighted by Crippen LogP contribution is -2.50. The van der Waals surface area contributed by atoms with E-state index in [4.69, 9.17) is 4.74 Å². The van der Waals surface area contributed by atoms with E-state index in [9.17, 15) is 14.0 Å². The number of rotatable bonds is 8. The van der Waals surface area contributed by atoms with Crippen LogP contribution < -0.4 is 15.4 Å². The van der Waals surface area contributed by atoms with Gasteiger partial charge in [0.1, 0.15) is 29.5 Å². The summed E-state index contributed by atoms with van der Waals surface area (Å²) in [5, 5.41) is 5.74. The number of hydrogen-bond donors (Lipinski definition) is 3. The van der Waals surface area contributed by atoms with Crippen LogP contribution >= 0.6 is 0 Å². The Balaban J connectivity index is 1.39. The van der Waals surface area contributed by atoms with Gasteiger partial charge in [-0.05, 0) is 57.6 Å². The van der Waals surface area contributed by atoms with Crippen molar-refractivity contribution in [2.45, 2.75) is 77.6 Å². The maximum Gasteiger partial charge on any atom is 0.255 e. The zero-order valence-electron chi connectivity index (χ0n) is 21.6. The predicted molar refractivity (Wildman–Crippen MR) is 139 cm³/mol. The minimum absolute atomic E-state index is 0.0840. The van der Waals surface area contributed by atoms with Gasteiger partial charge in [0.05, 0.1) is 23.7 Å². The molecule has 2 aliphatic rings. The molecule has 0 radical (unpaired) electrons. The molecule has 0 saturated heterocycles. The second-order valence-corrected chi connectivity index (χ2v) is 10.4. The number of amides is 2. The van der Waals surface area contributed by atoms with Crippen molar-refractivity contribution in [2.24, 2.45) is 5.92 Å². The molecule has 37 heavy (non-hydrogen) atoms. The molecule has 2 heterocycles. The maximum atomic E-state index is 15.0. The topological polar surface area (TPSA) is 109 Å². The summed E-state index contributed by atoms with van der Waals surface area (Å²) < 4.78 is 21.1. The van der Waals surface area contributed by atoms with Crippen molar-refractivity contribution in [3.63, 3.8) is 0 Å². The van der Waals surface area contributed by atoms with Crippen molar-refractivity contribution in [3.8, 4) is 17.0 Å². The zero-order valence-corrected chi connectivity index (χ0v) is 21.6. The van der Waals surface area contributed by atoms with Crippen LogP contribution in [0.1, 0.15) is 67.1 Å². The summed E-state index contributed by atoms with van der Waals surface area (Å²) >= 11 is 0. The molecule has 0 bridgehead atoms. The van der Waals surface area contributed by atoms with Crippen LogP contribution in [-0.4, -0.2) is 51.6 Å². The lowest BCUT2D eigenvalue weighted by molar-refractivity contribution is -0.121. The number of halogens is 1. The monoisotopic (exact) mass is 507 g/mol. The van der Waals surface area contributed by atoms with E-state index in [0.29, 0.717) is 59.8 Å². The van der Waals surface area contributed by atoms with Gasteiger partial charge in [0.15, 0.2) is 0 Å². The van der Waals surface area contributed by atoms with Crippen LogP contribution in [0.5, 0.6) is 5.75 Å². The SMILES string of the molecule is CCC(=O)N[C@H]1CC[C@H](NC(=O)c2c(C)[nH]c3c(-c4cc(C)ccc4OCC4CC4)ncnc23)[C@H](F)C1. The molecule has 3 aromatic rings. The molecule has 0 spiro atoms. The van der Waals surface area contributed by atoms with Crippen LogP contribution in [0.3, 0.4) is 0 Å². The molecule has 196 valence electrons. The van der Waals surface area contributed by atoms with Gasteiger partial charge >= 0.3 is 0 Å². The Labute approximate surface area is 215 Å². The third-order valence-electron chi connectivity index (χ3n) is 7.34. The van der Waals surface area contributed by atoms with E-state index in [1.165, 1.54) is 19.2 Å². The summed E-state index contributed by atoms with van der Waals surface area (Å²) in [7, 11) is 0. The number of carbonyl (C=O) groups excluding carboxylic acids is 2. The minimum atomic E-state index is -1.24. The van der Waals surface area contributed by atoms with Gasteiger partial charge in [0, 0.05) is 30.1 Å². The first-order chi connectivity index (χ1) is 17.8. The molecule has 2 aliphatic carbocycles. The Morgan fingerprint density at radius 3 is 2.68 bits per heavy atom. The number of H-pyrrole nitrogens is 1. The van der Waals surface area contributed by atoms with Crippen LogP contribution in [0.15, 0.2) is 24.5 Å². The maximum absolute atomic E-state index is 15.0. The number of aromatic nitrogens is 3. The second kappa shape index (κ2) is 10.5. The summed E-state index contributed by atoms with van der Waals surface area (Å²) in [6.07, 6.45) is 4.23. The number of fused-ring (bicyclic) bond motifs is 1. The first kappa shape index (κ1) is 25.2. The van der Waals surface area contributed by atoms with E-state index in [1.54, 1.807) is 6.92 Å². The summed E-state index contributed by atoms with van der Waals surface area (Å²) in [5.74, 6) is 0.911. The molecule has 8 nitrogen and oxygen atoms in total. The lowest BCUT2D eigenvalue weighted by atomic mass is 9.89. The highest BCUT2D eigenvalue weighted by atomic mass is 19.1. The predicted octanol–water partition coefficient (Wildman–Crippen LogP) is 4.55. The molecule has 2 saturated carbocycles. The molecule has 9 heteroatoms. The molecule has 2 fully saturated rings. The van der Waals surface area contributed by atoms with E-state index in [1.807, 2.05) is 32.0 Å². The first-order valence-corrected chi connectivity index (χ1v) is 13.1. The highest BCUT2D eigenvalue weighted by molar-refractivity contribution is 6.09. The average molecular weight is 508 g/mol. The molecule has 0 unspecified atom stereocenters. The van der Waals surface area contributed by atoms with E-state index in [0.717, 1.165) is 16.9 Å². The molecular formula is C28H34FN5O3. The van der Waals surface area contributed by atoms with E-state index >= 15 is 0 Å². The standard InChI is InChI=1S/C28H34FN5O3/c1-4-23(35)33-18-8-9-21(20(29)12-18)34-28(36)24-16(3)32-27-25(30-14-31-26(24)27)19-11-15(2)5-10-22(19)37-13-17-6-7-17/h5,10-11,14,17-18,20-21,32H,4,6-9,12-13H2,1-3H3,(H,33,35)(H,34,36)/t18-,20+,21-/m0/s1. The quantitative estimate of drug-likeness (QED) is 0.415. The van der Waals surface area contributed by atoms with E-state index < -0.39 is 12.2 Å². The van der Waals surface area contributed by atoms with Crippen molar-refractivity contribution in [1.29, 1.82) is 0 Å². The van der Waals surface area contributed by atoms with Crippen LogP contribution in [0.25, 0.3) is 22.3 Å². The van der Waals surface area contributed by atoms with Crippen molar-refractivity contribution in [1.82, 2.24) is 25.6 Å². The molecular weight excluding hydrogens is 473 g/mol. The largest absolute Gasteiger partial charge is 0.493 e. The molecule has 3 atom stereocenters. The summed E-state index contributed by atoms with van der Waals surface area (Å²) in [4.78, 5) is 37.3. The fourth-order valence-electron chi connectivity index (χ4n) is 5.03. The van der Waals surface area contributed by atoms with Gasteiger partial charge in [-0.15, -0.1) is 0 Å². The number of ether oxygens (including phenoxy) is 1. The molecule has 2 aromatic heterocycles. The van der Waals surface area contributed by atoms with E-state index in [2.05, 4.69) is 25.6 Å². The smallest absolute Gasteiger partial charge is 0.255 e. The second-order valence-electron chi connectivity index (χ2n) is 10.4. The summed E-state index contributed by atoms with van der Waals surface area (Å²) in [6.45, 7) is 6.27. The fourth-order valence-corrected chi connectivity index (χ4v) is 5.03. The van der Waals surface area contributed by atoms with Gasteiger partial charge in [0.25, 0.3) is 5.91 Å². The van der Waals surface area contributed by atoms with E-state index in [-0.39, 0.29) is 24.3 Å². The Morgan fingerprint density at radius 1 is 1.14 bits per heavy atom. The Hall–Kier alpha value is -3.49. The third-order valence-corrected chi connectivity index (χ3v) is 7.34. The molecule has 0 aliphatic heterocycles.